The van der Waals surface area contributed by atoms with E-state index in [-0.39, 0.29) is 4.90 Å². The van der Waals surface area contributed by atoms with Crippen LogP contribution in [-0.2, 0) is 16.6 Å². The van der Waals surface area contributed by atoms with Gasteiger partial charge in [0.05, 0.1) is 6.20 Å². The third kappa shape index (κ3) is 2.85. The van der Waals surface area contributed by atoms with Gasteiger partial charge in [-0.25, -0.2) is 8.42 Å². The summed E-state index contributed by atoms with van der Waals surface area (Å²) in [6.45, 7) is 4.35. The molecule has 0 aliphatic heterocycles. The molecule has 0 radical (unpaired) electrons. The summed E-state index contributed by atoms with van der Waals surface area (Å²) in [5.41, 5.74) is 3.26. The predicted octanol–water partition coefficient (Wildman–Crippen LogP) is 1.85. The quantitative estimate of drug-likeness (QED) is 0.928. The van der Waals surface area contributed by atoms with Gasteiger partial charge in [0, 0.05) is 19.8 Å². The fourth-order valence-corrected chi connectivity index (χ4v) is 2.96. The molecule has 1 aromatic carbocycles. The molecule has 5 nitrogen and oxygen atoms in total. The second kappa shape index (κ2) is 5.14. The van der Waals surface area contributed by atoms with Crippen molar-refractivity contribution in [1.82, 2.24) is 14.5 Å². The number of benzene rings is 1. The number of nitrogens with one attached hydrogen (secondary N) is 1. The maximum atomic E-state index is 12.2. The van der Waals surface area contributed by atoms with E-state index in [1.165, 1.54) is 22.3 Å². The second-order valence-electron chi connectivity index (χ2n) is 4.63. The Labute approximate surface area is 113 Å². The lowest BCUT2D eigenvalue weighted by Gasteiger charge is -2.17. The molecule has 0 aliphatic carbocycles. The number of aromatic amines is 1. The summed E-state index contributed by atoms with van der Waals surface area (Å²) >= 11 is 0. The molecule has 19 heavy (non-hydrogen) atoms. The third-order valence-electron chi connectivity index (χ3n) is 3.07. The van der Waals surface area contributed by atoms with Crippen LogP contribution >= 0.6 is 0 Å². The van der Waals surface area contributed by atoms with Gasteiger partial charge >= 0.3 is 0 Å². The zero-order chi connectivity index (χ0) is 14.0. The zero-order valence-corrected chi connectivity index (χ0v) is 12.0. The van der Waals surface area contributed by atoms with Crippen LogP contribution in [0.2, 0.25) is 0 Å². The Morgan fingerprint density at radius 1 is 1.32 bits per heavy atom. The maximum absolute atomic E-state index is 12.2. The van der Waals surface area contributed by atoms with E-state index in [9.17, 15) is 8.42 Å². The molecule has 2 aromatic rings. The maximum Gasteiger partial charge on any atom is 0.246 e. The Morgan fingerprint density at radius 3 is 2.63 bits per heavy atom. The van der Waals surface area contributed by atoms with Gasteiger partial charge in [0.2, 0.25) is 10.0 Å². The van der Waals surface area contributed by atoms with Crippen LogP contribution in [-0.4, -0.2) is 30.0 Å². The molecule has 0 saturated carbocycles. The number of rotatable bonds is 4. The van der Waals surface area contributed by atoms with Gasteiger partial charge in [-0.3, -0.25) is 5.10 Å². The van der Waals surface area contributed by atoms with E-state index in [0.717, 1.165) is 11.1 Å². The molecule has 1 aromatic heterocycles. The SMILES string of the molecule is Cc1ccc(CN(C)S(=O)(=O)c2cn[nH]c2)c(C)c1. The van der Waals surface area contributed by atoms with E-state index < -0.39 is 10.0 Å². The molecular formula is C13H17N3O2S. The van der Waals surface area contributed by atoms with Crippen molar-refractivity contribution < 1.29 is 8.42 Å². The van der Waals surface area contributed by atoms with Crippen molar-refractivity contribution in [1.29, 1.82) is 0 Å². The monoisotopic (exact) mass is 279 g/mol. The number of hydrogen-bond donors (Lipinski definition) is 1. The summed E-state index contributed by atoms with van der Waals surface area (Å²) in [7, 11) is -1.91. The van der Waals surface area contributed by atoms with Crippen LogP contribution < -0.4 is 0 Å². The van der Waals surface area contributed by atoms with Crippen LogP contribution in [0.5, 0.6) is 0 Å². The lowest BCUT2D eigenvalue weighted by atomic mass is 10.1. The van der Waals surface area contributed by atoms with Gasteiger partial charge in [-0.15, -0.1) is 0 Å². The number of H-pyrrole nitrogens is 1. The van der Waals surface area contributed by atoms with Crippen molar-refractivity contribution in [2.24, 2.45) is 0 Å². The van der Waals surface area contributed by atoms with Crippen molar-refractivity contribution in [3.8, 4) is 0 Å². The minimum absolute atomic E-state index is 0.180. The first-order valence-corrected chi connectivity index (χ1v) is 7.36. The second-order valence-corrected chi connectivity index (χ2v) is 6.67. The lowest BCUT2D eigenvalue weighted by molar-refractivity contribution is 0.466. The van der Waals surface area contributed by atoms with Gasteiger partial charge in [-0.1, -0.05) is 23.8 Å². The molecule has 1 N–H and O–H groups in total. The number of aromatic nitrogens is 2. The summed E-state index contributed by atoms with van der Waals surface area (Å²) in [6, 6.07) is 6.00. The van der Waals surface area contributed by atoms with Crippen molar-refractivity contribution in [3.05, 3.63) is 47.3 Å². The highest BCUT2D eigenvalue weighted by atomic mass is 32.2. The van der Waals surface area contributed by atoms with Crippen molar-refractivity contribution in [3.63, 3.8) is 0 Å². The molecule has 0 saturated heterocycles. The average molecular weight is 279 g/mol. The first-order valence-electron chi connectivity index (χ1n) is 5.92. The van der Waals surface area contributed by atoms with E-state index in [1.807, 2.05) is 32.0 Å². The number of sulfonamides is 1. The van der Waals surface area contributed by atoms with Crippen LogP contribution in [0.3, 0.4) is 0 Å². The zero-order valence-electron chi connectivity index (χ0n) is 11.2. The third-order valence-corrected chi connectivity index (χ3v) is 4.84. The van der Waals surface area contributed by atoms with Crippen molar-refractivity contribution >= 4 is 10.0 Å². The Bertz CT molecular complexity index is 663. The summed E-state index contributed by atoms with van der Waals surface area (Å²) in [5.74, 6) is 0. The Kier molecular flexibility index (Phi) is 3.73. The Balaban J connectivity index is 2.24. The minimum atomic E-state index is -3.48. The standard InChI is InChI=1S/C13H17N3O2S/c1-10-4-5-12(11(2)6-10)9-16(3)19(17,18)13-7-14-15-8-13/h4-8H,9H2,1-3H3,(H,14,15). The highest BCUT2D eigenvalue weighted by Crippen LogP contribution is 2.18. The highest BCUT2D eigenvalue weighted by Gasteiger charge is 2.22. The fourth-order valence-electron chi connectivity index (χ4n) is 1.91. The average Bonchev–Trinajstić information content (AvgIpc) is 2.86. The Hall–Kier alpha value is -1.66. The number of aryl methyl sites for hydroxylation is 2. The van der Waals surface area contributed by atoms with Gasteiger partial charge in [-0.2, -0.15) is 9.40 Å². The molecular weight excluding hydrogens is 262 g/mol. The lowest BCUT2D eigenvalue weighted by Crippen LogP contribution is -2.26. The van der Waals surface area contributed by atoms with Crippen LogP contribution in [0.15, 0.2) is 35.5 Å². The first kappa shape index (κ1) is 13.8. The van der Waals surface area contributed by atoms with Gasteiger partial charge < -0.3 is 0 Å². The van der Waals surface area contributed by atoms with Crippen LogP contribution in [0, 0.1) is 13.8 Å². The van der Waals surface area contributed by atoms with Gasteiger partial charge in [0.25, 0.3) is 0 Å². The van der Waals surface area contributed by atoms with Gasteiger partial charge in [-0.05, 0) is 25.0 Å². The molecule has 0 spiro atoms. The molecule has 0 bridgehead atoms. The molecule has 0 atom stereocenters. The minimum Gasteiger partial charge on any atom is -0.284 e. The smallest absolute Gasteiger partial charge is 0.246 e. The molecule has 0 aliphatic rings. The van der Waals surface area contributed by atoms with Crippen LogP contribution in [0.4, 0.5) is 0 Å². The van der Waals surface area contributed by atoms with E-state index in [0.29, 0.717) is 6.54 Å². The fraction of sp³-hybridized carbons (Fsp3) is 0.308. The van der Waals surface area contributed by atoms with E-state index in [1.54, 1.807) is 7.05 Å². The molecule has 0 fully saturated rings. The van der Waals surface area contributed by atoms with E-state index in [2.05, 4.69) is 10.2 Å². The summed E-state index contributed by atoms with van der Waals surface area (Å²) in [5, 5.41) is 6.19. The molecule has 0 unspecified atom stereocenters. The summed E-state index contributed by atoms with van der Waals surface area (Å²) in [6.07, 6.45) is 2.70. The first-order chi connectivity index (χ1) is 8.91. The molecule has 102 valence electrons. The summed E-state index contributed by atoms with van der Waals surface area (Å²) in [4.78, 5) is 0.180. The molecule has 0 amide bonds. The number of nitrogens with zero attached hydrogens (tertiary/aromatic N) is 2. The van der Waals surface area contributed by atoms with Crippen LogP contribution in [0.1, 0.15) is 16.7 Å². The van der Waals surface area contributed by atoms with Crippen molar-refractivity contribution in [2.75, 3.05) is 7.05 Å². The molecule has 1 heterocycles. The van der Waals surface area contributed by atoms with Gasteiger partial charge in [0.1, 0.15) is 4.90 Å². The summed E-state index contributed by atoms with van der Waals surface area (Å²) < 4.78 is 25.8. The van der Waals surface area contributed by atoms with Crippen LogP contribution in [0.25, 0.3) is 0 Å². The van der Waals surface area contributed by atoms with Crippen molar-refractivity contribution in [2.45, 2.75) is 25.3 Å². The molecule has 2 rings (SSSR count). The van der Waals surface area contributed by atoms with E-state index in [4.69, 9.17) is 0 Å². The topological polar surface area (TPSA) is 66.1 Å². The molecule has 6 heteroatoms. The number of hydrogen-bond acceptors (Lipinski definition) is 3. The van der Waals surface area contributed by atoms with E-state index >= 15 is 0 Å². The largest absolute Gasteiger partial charge is 0.284 e. The highest BCUT2D eigenvalue weighted by molar-refractivity contribution is 7.89. The van der Waals surface area contributed by atoms with Gasteiger partial charge in [0.15, 0.2) is 0 Å². The predicted molar refractivity (Wildman–Crippen MR) is 73.2 cm³/mol. The normalized spacial score (nSPS) is 12.0. The Morgan fingerprint density at radius 2 is 2.05 bits per heavy atom.